The summed E-state index contributed by atoms with van der Waals surface area (Å²) in [6.07, 6.45) is 0.678. The van der Waals surface area contributed by atoms with Gasteiger partial charge in [-0.25, -0.2) is 13.6 Å². The molecule has 2 N–H and O–H groups in total. The van der Waals surface area contributed by atoms with Crippen molar-refractivity contribution in [2.45, 2.75) is 18.2 Å². The lowest BCUT2D eigenvalue weighted by Gasteiger charge is -2.14. The summed E-state index contributed by atoms with van der Waals surface area (Å²) in [7, 11) is -2.51. The summed E-state index contributed by atoms with van der Waals surface area (Å²) in [5, 5.41) is 10.2. The maximum Gasteiger partial charge on any atom is 0.241 e. The second-order valence-electron chi connectivity index (χ2n) is 5.06. The van der Waals surface area contributed by atoms with Crippen molar-refractivity contribution in [3.05, 3.63) is 42.0 Å². The summed E-state index contributed by atoms with van der Waals surface area (Å²) >= 11 is 0. The van der Waals surface area contributed by atoms with E-state index in [9.17, 15) is 8.42 Å². The van der Waals surface area contributed by atoms with Crippen molar-refractivity contribution < 1.29 is 17.7 Å². The second kappa shape index (κ2) is 5.68. The first kappa shape index (κ1) is 15.5. The van der Waals surface area contributed by atoms with E-state index in [-0.39, 0.29) is 10.6 Å². The zero-order chi connectivity index (χ0) is 16.6. The molecule has 0 aliphatic carbocycles. The number of sulfonamides is 1. The van der Waals surface area contributed by atoms with Gasteiger partial charge in [-0.1, -0.05) is 30.3 Å². The number of para-hydroxylation sites is 1. The molecule has 0 fully saturated rings. The van der Waals surface area contributed by atoms with Crippen LogP contribution in [0, 0.1) is 0 Å². The fourth-order valence-electron chi connectivity index (χ4n) is 2.65. The third-order valence-corrected chi connectivity index (χ3v) is 4.65. The lowest BCUT2D eigenvalue weighted by Crippen LogP contribution is -2.14. The Morgan fingerprint density at radius 1 is 1.22 bits per heavy atom. The third-order valence-electron chi connectivity index (χ3n) is 3.71. The van der Waals surface area contributed by atoms with Crippen LogP contribution in [0.1, 0.15) is 12.5 Å². The zero-order valence-electron chi connectivity index (χ0n) is 12.7. The number of methoxy groups -OCH3 is 1. The number of benzene rings is 2. The minimum Gasteiger partial charge on any atom is -0.495 e. The van der Waals surface area contributed by atoms with Crippen LogP contribution in [0.15, 0.2) is 45.8 Å². The van der Waals surface area contributed by atoms with E-state index in [1.807, 2.05) is 25.1 Å². The molecule has 0 bridgehead atoms. The van der Waals surface area contributed by atoms with E-state index in [4.69, 9.17) is 14.4 Å². The standard InChI is InChI=1S/C16H16N2O4S/c1-3-10-8-9-13(23(17,19)20)16(21-2)14(10)15-11-6-4-5-7-12(11)22-18-15/h4-9H,3H2,1-2H3,(H2,17,19,20). The van der Waals surface area contributed by atoms with Gasteiger partial charge < -0.3 is 9.26 Å². The van der Waals surface area contributed by atoms with E-state index in [1.165, 1.54) is 13.2 Å². The normalized spacial score (nSPS) is 11.8. The molecule has 0 amide bonds. The Kier molecular flexibility index (Phi) is 3.83. The van der Waals surface area contributed by atoms with Crippen molar-refractivity contribution in [3.8, 4) is 17.0 Å². The van der Waals surface area contributed by atoms with Gasteiger partial charge in [0.05, 0.1) is 12.7 Å². The van der Waals surface area contributed by atoms with Gasteiger partial charge >= 0.3 is 0 Å². The topological polar surface area (TPSA) is 95.4 Å². The molecule has 0 aliphatic rings. The SMILES string of the molecule is CCc1ccc(S(N)(=O)=O)c(OC)c1-c1noc2ccccc12. The summed E-state index contributed by atoms with van der Waals surface area (Å²) in [6.45, 7) is 1.97. The van der Waals surface area contributed by atoms with Crippen molar-refractivity contribution in [1.82, 2.24) is 5.16 Å². The predicted octanol–water partition coefficient (Wildman–Crippen LogP) is 2.71. The van der Waals surface area contributed by atoms with Crippen LogP contribution in [0.4, 0.5) is 0 Å². The zero-order valence-corrected chi connectivity index (χ0v) is 13.6. The number of hydrogen-bond donors (Lipinski definition) is 1. The Balaban J connectivity index is 2.42. The number of fused-ring (bicyclic) bond motifs is 1. The van der Waals surface area contributed by atoms with E-state index in [0.29, 0.717) is 23.3 Å². The van der Waals surface area contributed by atoms with Crippen molar-refractivity contribution in [3.63, 3.8) is 0 Å². The van der Waals surface area contributed by atoms with Gasteiger partial charge in [0.1, 0.15) is 16.3 Å². The van der Waals surface area contributed by atoms with E-state index in [1.54, 1.807) is 12.1 Å². The first-order chi connectivity index (χ1) is 11.0. The summed E-state index contributed by atoms with van der Waals surface area (Å²) < 4.78 is 34.4. The lowest BCUT2D eigenvalue weighted by molar-refractivity contribution is 0.402. The molecule has 0 aliphatic heterocycles. The van der Waals surface area contributed by atoms with E-state index in [2.05, 4.69) is 5.16 Å². The molecular weight excluding hydrogens is 316 g/mol. The van der Waals surface area contributed by atoms with E-state index < -0.39 is 10.0 Å². The molecule has 6 nitrogen and oxygen atoms in total. The maximum atomic E-state index is 11.9. The van der Waals surface area contributed by atoms with Crippen molar-refractivity contribution in [2.75, 3.05) is 7.11 Å². The molecule has 3 aromatic rings. The summed E-state index contributed by atoms with van der Waals surface area (Å²) in [5.74, 6) is 0.186. The Morgan fingerprint density at radius 2 is 1.96 bits per heavy atom. The average Bonchev–Trinajstić information content (AvgIpc) is 2.96. The Labute approximate surface area is 133 Å². The van der Waals surface area contributed by atoms with Gasteiger partial charge in [-0.15, -0.1) is 0 Å². The highest BCUT2D eigenvalue weighted by Crippen LogP contribution is 2.40. The minimum atomic E-state index is -3.92. The van der Waals surface area contributed by atoms with Crippen LogP contribution in [-0.4, -0.2) is 20.7 Å². The highest BCUT2D eigenvalue weighted by atomic mass is 32.2. The molecule has 0 unspecified atom stereocenters. The fourth-order valence-corrected chi connectivity index (χ4v) is 3.35. The molecule has 23 heavy (non-hydrogen) atoms. The van der Waals surface area contributed by atoms with Crippen LogP contribution >= 0.6 is 0 Å². The lowest BCUT2D eigenvalue weighted by atomic mass is 9.99. The maximum absolute atomic E-state index is 11.9. The predicted molar refractivity (Wildman–Crippen MR) is 86.7 cm³/mol. The molecule has 0 atom stereocenters. The summed E-state index contributed by atoms with van der Waals surface area (Å²) in [6, 6.07) is 10.6. The molecule has 1 heterocycles. The fraction of sp³-hybridized carbons (Fsp3) is 0.188. The van der Waals surface area contributed by atoms with Crippen LogP contribution < -0.4 is 9.88 Å². The number of ether oxygens (including phenoxy) is 1. The first-order valence-corrected chi connectivity index (χ1v) is 8.59. The average molecular weight is 332 g/mol. The molecular formula is C16H16N2O4S. The van der Waals surface area contributed by atoms with Gasteiger partial charge in [0, 0.05) is 5.39 Å². The largest absolute Gasteiger partial charge is 0.495 e. The Morgan fingerprint density at radius 3 is 2.61 bits per heavy atom. The van der Waals surface area contributed by atoms with Crippen molar-refractivity contribution in [2.24, 2.45) is 5.14 Å². The number of rotatable bonds is 4. The molecule has 2 aromatic carbocycles. The highest BCUT2D eigenvalue weighted by Gasteiger charge is 2.24. The number of primary sulfonamides is 1. The number of nitrogens with two attached hydrogens (primary N) is 1. The molecule has 1 aromatic heterocycles. The molecule has 0 radical (unpaired) electrons. The van der Waals surface area contributed by atoms with Gasteiger partial charge in [0.25, 0.3) is 0 Å². The van der Waals surface area contributed by atoms with Crippen LogP contribution in [0.5, 0.6) is 5.75 Å². The number of aryl methyl sites for hydroxylation is 1. The first-order valence-electron chi connectivity index (χ1n) is 7.04. The molecule has 0 saturated heterocycles. The van der Waals surface area contributed by atoms with Crippen LogP contribution in [0.2, 0.25) is 0 Å². The van der Waals surface area contributed by atoms with Gasteiger partial charge in [-0.2, -0.15) is 0 Å². The van der Waals surface area contributed by atoms with E-state index >= 15 is 0 Å². The molecule has 0 saturated carbocycles. The van der Waals surface area contributed by atoms with Gasteiger partial charge in [0.15, 0.2) is 5.58 Å². The third kappa shape index (κ3) is 2.58. The molecule has 3 rings (SSSR count). The Bertz CT molecular complexity index is 977. The van der Waals surface area contributed by atoms with Gasteiger partial charge in [-0.05, 0) is 30.2 Å². The number of hydrogen-bond acceptors (Lipinski definition) is 5. The van der Waals surface area contributed by atoms with Gasteiger partial charge in [-0.3, -0.25) is 0 Å². The summed E-state index contributed by atoms with van der Waals surface area (Å²) in [5.41, 5.74) is 2.65. The molecule has 120 valence electrons. The second-order valence-corrected chi connectivity index (χ2v) is 6.59. The highest BCUT2D eigenvalue weighted by molar-refractivity contribution is 7.89. The quantitative estimate of drug-likeness (QED) is 0.792. The van der Waals surface area contributed by atoms with Crippen molar-refractivity contribution >= 4 is 21.0 Å². The van der Waals surface area contributed by atoms with E-state index in [0.717, 1.165) is 10.9 Å². The van der Waals surface area contributed by atoms with Crippen LogP contribution in [0.25, 0.3) is 22.2 Å². The minimum absolute atomic E-state index is 0.0701. The van der Waals surface area contributed by atoms with Crippen LogP contribution in [-0.2, 0) is 16.4 Å². The number of nitrogens with zero attached hydrogens (tertiary/aromatic N) is 1. The van der Waals surface area contributed by atoms with Crippen molar-refractivity contribution in [1.29, 1.82) is 0 Å². The smallest absolute Gasteiger partial charge is 0.241 e. The van der Waals surface area contributed by atoms with Gasteiger partial charge in [0.2, 0.25) is 10.0 Å². The molecule has 7 heteroatoms. The molecule has 0 spiro atoms. The number of aromatic nitrogens is 1. The van der Waals surface area contributed by atoms with Crippen LogP contribution in [0.3, 0.4) is 0 Å². The monoisotopic (exact) mass is 332 g/mol. The summed E-state index contributed by atoms with van der Waals surface area (Å²) in [4.78, 5) is -0.0701. The Hall–Kier alpha value is -2.38.